The monoisotopic (exact) mass is 274 g/mol. The van der Waals surface area contributed by atoms with Crippen molar-refractivity contribution in [2.24, 2.45) is 5.14 Å². The van der Waals surface area contributed by atoms with Gasteiger partial charge >= 0.3 is 0 Å². The Hall–Kier alpha value is -1.31. The molecule has 18 heavy (non-hydrogen) atoms. The van der Waals surface area contributed by atoms with Gasteiger partial charge in [0.15, 0.2) is 0 Å². The van der Waals surface area contributed by atoms with Gasteiger partial charge in [0.1, 0.15) is 11.9 Å². The van der Waals surface area contributed by atoms with Crippen molar-refractivity contribution in [2.75, 3.05) is 19.5 Å². The highest BCUT2D eigenvalue weighted by Gasteiger charge is 2.17. The van der Waals surface area contributed by atoms with Crippen LogP contribution in [0, 0.1) is 6.92 Å². The second-order valence-electron chi connectivity index (χ2n) is 4.07. The molecule has 1 unspecified atom stereocenters. The Bertz CT molecular complexity index is 528. The Kier molecular flexibility index (Phi) is 4.55. The standard InChI is InChI=1S/C11H18N2O4S/c1-7(6-16-3)17-10-4-9(12)5-11(8(10)2)18(13,14)15/h4-5,7H,6,12H2,1-3H3,(H2,13,14,15). The predicted molar refractivity (Wildman–Crippen MR) is 68.9 cm³/mol. The topological polar surface area (TPSA) is 105 Å². The van der Waals surface area contributed by atoms with Crippen molar-refractivity contribution < 1.29 is 17.9 Å². The Morgan fingerprint density at radius 3 is 2.50 bits per heavy atom. The molecule has 4 N–H and O–H groups in total. The second-order valence-corrected chi connectivity index (χ2v) is 5.60. The molecular weight excluding hydrogens is 256 g/mol. The van der Waals surface area contributed by atoms with Gasteiger partial charge in [0.2, 0.25) is 10.0 Å². The lowest BCUT2D eigenvalue weighted by Crippen LogP contribution is -2.20. The van der Waals surface area contributed by atoms with Crippen LogP contribution in [0.1, 0.15) is 12.5 Å². The maximum Gasteiger partial charge on any atom is 0.238 e. The van der Waals surface area contributed by atoms with E-state index in [1.807, 2.05) is 6.92 Å². The first-order valence-corrected chi connectivity index (χ1v) is 6.89. The smallest absolute Gasteiger partial charge is 0.238 e. The predicted octanol–water partition coefficient (Wildman–Crippen LogP) is 0.638. The molecule has 102 valence electrons. The third-order valence-corrected chi connectivity index (χ3v) is 3.41. The van der Waals surface area contributed by atoms with Gasteiger partial charge in [-0.05, 0) is 19.9 Å². The Morgan fingerprint density at radius 2 is 2.00 bits per heavy atom. The zero-order chi connectivity index (χ0) is 13.9. The van der Waals surface area contributed by atoms with Crippen molar-refractivity contribution >= 4 is 15.7 Å². The fourth-order valence-electron chi connectivity index (χ4n) is 1.59. The van der Waals surface area contributed by atoms with Crippen molar-refractivity contribution in [3.05, 3.63) is 17.7 Å². The van der Waals surface area contributed by atoms with E-state index in [1.165, 1.54) is 6.07 Å². The Balaban J connectivity index is 3.18. The highest BCUT2D eigenvalue weighted by atomic mass is 32.2. The molecule has 6 nitrogen and oxygen atoms in total. The summed E-state index contributed by atoms with van der Waals surface area (Å²) in [7, 11) is -2.26. The minimum absolute atomic E-state index is 0.0258. The van der Waals surface area contributed by atoms with E-state index in [1.54, 1.807) is 20.1 Å². The molecule has 0 saturated heterocycles. The molecule has 0 spiro atoms. The number of ether oxygens (including phenoxy) is 2. The van der Waals surface area contributed by atoms with Gasteiger partial charge in [-0.3, -0.25) is 0 Å². The average Bonchev–Trinajstić information content (AvgIpc) is 2.21. The lowest BCUT2D eigenvalue weighted by atomic mass is 10.2. The van der Waals surface area contributed by atoms with Crippen LogP contribution in [0.3, 0.4) is 0 Å². The number of methoxy groups -OCH3 is 1. The minimum atomic E-state index is -3.82. The molecule has 0 fully saturated rings. The van der Waals surface area contributed by atoms with Gasteiger partial charge in [-0.2, -0.15) is 0 Å². The van der Waals surface area contributed by atoms with Crippen molar-refractivity contribution in [2.45, 2.75) is 24.8 Å². The van der Waals surface area contributed by atoms with Crippen LogP contribution in [0.15, 0.2) is 17.0 Å². The molecule has 0 amide bonds. The third kappa shape index (κ3) is 3.59. The van der Waals surface area contributed by atoms with Gasteiger partial charge in [-0.1, -0.05) is 0 Å². The molecule has 0 aliphatic heterocycles. The number of anilines is 1. The van der Waals surface area contributed by atoms with Crippen molar-refractivity contribution in [1.29, 1.82) is 0 Å². The van der Waals surface area contributed by atoms with Gasteiger partial charge in [-0.15, -0.1) is 0 Å². The summed E-state index contributed by atoms with van der Waals surface area (Å²) in [6, 6.07) is 2.88. The van der Waals surface area contributed by atoms with Crippen LogP contribution in [0.5, 0.6) is 5.75 Å². The molecule has 0 saturated carbocycles. The van der Waals surface area contributed by atoms with Gasteiger partial charge < -0.3 is 15.2 Å². The number of benzene rings is 1. The minimum Gasteiger partial charge on any atom is -0.488 e. The quantitative estimate of drug-likeness (QED) is 0.767. The average molecular weight is 274 g/mol. The molecule has 0 aliphatic rings. The number of sulfonamides is 1. The molecule has 7 heteroatoms. The second kappa shape index (κ2) is 5.55. The molecule has 0 radical (unpaired) electrons. The van der Waals surface area contributed by atoms with Crippen LogP contribution >= 0.6 is 0 Å². The molecule has 0 bridgehead atoms. The van der Waals surface area contributed by atoms with E-state index in [-0.39, 0.29) is 16.7 Å². The van der Waals surface area contributed by atoms with Gasteiger partial charge in [-0.25, -0.2) is 13.6 Å². The zero-order valence-electron chi connectivity index (χ0n) is 10.6. The summed E-state index contributed by atoms with van der Waals surface area (Å²) in [6.45, 7) is 3.82. The molecule has 1 aromatic carbocycles. The van der Waals surface area contributed by atoms with E-state index in [0.29, 0.717) is 17.9 Å². The van der Waals surface area contributed by atoms with Gasteiger partial charge in [0.25, 0.3) is 0 Å². The van der Waals surface area contributed by atoms with E-state index in [4.69, 9.17) is 20.3 Å². The van der Waals surface area contributed by atoms with E-state index in [2.05, 4.69) is 0 Å². The van der Waals surface area contributed by atoms with Crippen molar-refractivity contribution in [3.8, 4) is 5.75 Å². The highest BCUT2D eigenvalue weighted by molar-refractivity contribution is 7.89. The largest absolute Gasteiger partial charge is 0.488 e. The van der Waals surface area contributed by atoms with E-state index in [9.17, 15) is 8.42 Å². The summed E-state index contributed by atoms with van der Waals surface area (Å²) in [4.78, 5) is -0.0258. The molecule has 0 aliphatic carbocycles. The molecule has 1 aromatic rings. The van der Waals surface area contributed by atoms with E-state index < -0.39 is 10.0 Å². The molecule has 0 aromatic heterocycles. The number of rotatable bonds is 5. The number of hydrogen-bond donors (Lipinski definition) is 2. The third-order valence-electron chi connectivity index (χ3n) is 2.37. The molecule has 1 rings (SSSR count). The van der Waals surface area contributed by atoms with Crippen LogP contribution in [-0.4, -0.2) is 28.2 Å². The summed E-state index contributed by atoms with van der Waals surface area (Å²) >= 11 is 0. The van der Waals surface area contributed by atoms with Crippen molar-refractivity contribution in [3.63, 3.8) is 0 Å². The zero-order valence-corrected chi connectivity index (χ0v) is 11.5. The first-order chi connectivity index (χ1) is 8.25. The summed E-state index contributed by atoms with van der Waals surface area (Å²) in [5, 5.41) is 5.12. The van der Waals surface area contributed by atoms with Crippen LogP contribution in [0.2, 0.25) is 0 Å². The maximum absolute atomic E-state index is 11.4. The molecule has 0 heterocycles. The number of nitrogens with two attached hydrogens (primary N) is 2. The summed E-state index contributed by atoms with van der Waals surface area (Å²) in [5.74, 6) is 0.392. The number of nitrogen functional groups attached to an aromatic ring is 1. The summed E-state index contributed by atoms with van der Waals surface area (Å²) < 4.78 is 33.3. The maximum atomic E-state index is 11.4. The lowest BCUT2D eigenvalue weighted by Gasteiger charge is -2.17. The van der Waals surface area contributed by atoms with Crippen LogP contribution in [0.4, 0.5) is 5.69 Å². The number of hydrogen-bond acceptors (Lipinski definition) is 5. The van der Waals surface area contributed by atoms with Crippen molar-refractivity contribution in [1.82, 2.24) is 0 Å². The van der Waals surface area contributed by atoms with E-state index >= 15 is 0 Å². The molecular formula is C11H18N2O4S. The summed E-state index contributed by atoms with van der Waals surface area (Å²) in [6.07, 6.45) is -0.219. The molecule has 1 atom stereocenters. The lowest BCUT2D eigenvalue weighted by molar-refractivity contribution is 0.0915. The highest BCUT2D eigenvalue weighted by Crippen LogP contribution is 2.28. The summed E-state index contributed by atoms with van der Waals surface area (Å²) in [5.41, 5.74) is 6.36. The Labute approximate surface area is 107 Å². The van der Waals surface area contributed by atoms with Gasteiger partial charge in [0.05, 0.1) is 11.5 Å². The fraction of sp³-hybridized carbons (Fsp3) is 0.455. The first-order valence-electron chi connectivity index (χ1n) is 5.34. The fourth-order valence-corrected chi connectivity index (χ4v) is 2.41. The van der Waals surface area contributed by atoms with E-state index in [0.717, 1.165) is 0 Å². The van der Waals surface area contributed by atoms with Crippen LogP contribution < -0.4 is 15.6 Å². The first kappa shape index (κ1) is 14.7. The number of primary sulfonamides is 1. The van der Waals surface area contributed by atoms with Gasteiger partial charge in [0, 0.05) is 24.4 Å². The normalized spacial score (nSPS) is 13.3. The van der Waals surface area contributed by atoms with Crippen LogP contribution in [-0.2, 0) is 14.8 Å². The van der Waals surface area contributed by atoms with Crippen LogP contribution in [0.25, 0.3) is 0 Å². The Morgan fingerprint density at radius 1 is 1.39 bits per heavy atom. The SMILES string of the molecule is COCC(C)Oc1cc(N)cc(S(N)(=O)=O)c1C.